The van der Waals surface area contributed by atoms with Gasteiger partial charge in [0.25, 0.3) is 0 Å². The second kappa shape index (κ2) is 14.0. The van der Waals surface area contributed by atoms with Gasteiger partial charge in [0, 0.05) is 55.6 Å². The van der Waals surface area contributed by atoms with E-state index in [2.05, 4.69) is 17.6 Å². The van der Waals surface area contributed by atoms with Gasteiger partial charge in [0.05, 0.1) is 6.61 Å². The van der Waals surface area contributed by atoms with Crippen LogP contribution in [0.3, 0.4) is 0 Å². The zero-order valence-electron chi connectivity index (χ0n) is 17.0. The van der Waals surface area contributed by atoms with Gasteiger partial charge in [-0.05, 0) is 55.0 Å². The van der Waals surface area contributed by atoms with Crippen molar-refractivity contribution in [1.29, 1.82) is 0 Å². The summed E-state index contributed by atoms with van der Waals surface area (Å²) in [5, 5.41) is 8.60. The molecule has 0 fully saturated rings. The Balaban J connectivity index is 0.000000404. The number of aliphatic hydroxyl groups is 1. The molecule has 8 heteroatoms. The molecule has 0 aromatic heterocycles. The number of rotatable bonds is 5. The van der Waals surface area contributed by atoms with Crippen LogP contribution in [0.2, 0.25) is 0 Å². The fraction of sp³-hybridized carbons (Fsp3) is 0.0870. The average molecular weight is 513 g/mol. The molecule has 0 bridgehead atoms. The van der Waals surface area contributed by atoms with Crippen LogP contribution in [0.15, 0.2) is 88.4 Å². The molecule has 159 valence electrons. The van der Waals surface area contributed by atoms with Crippen molar-refractivity contribution in [3.63, 3.8) is 0 Å². The van der Waals surface area contributed by atoms with Crippen LogP contribution in [-0.4, -0.2) is 11.3 Å². The summed E-state index contributed by atoms with van der Waals surface area (Å²) in [6.45, 7) is 1.86. The quantitative estimate of drug-likeness (QED) is 0.275. The molecule has 0 aliphatic rings. The summed E-state index contributed by atoms with van der Waals surface area (Å²) in [4.78, 5) is 5.15. The first-order valence-corrected chi connectivity index (χ1v) is 9.46. The molecule has 5 nitrogen and oxygen atoms in total. The summed E-state index contributed by atoms with van der Waals surface area (Å²) in [6, 6.07) is 18.0. The second-order valence-corrected chi connectivity index (χ2v) is 6.77. The van der Waals surface area contributed by atoms with Crippen LogP contribution in [0.4, 0.5) is 15.8 Å². The van der Waals surface area contributed by atoms with E-state index < -0.39 is 0 Å². The first-order chi connectivity index (χ1) is 14.4. The zero-order valence-corrected chi connectivity index (χ0v) is 20.7. The molecular formula is C23H23FN3O2SY-. The maximum absolute atomic E-state index is 13.2. The van der Waals surface area contributed by atoms with E-state index in [1.165, 1.54) is 18.2 Å². The van der Waals surface area contributed by atoms with Crippen molar-refractivity contribution in [3.05, 3.63) is 95.6 Å². The fourth-order valence-corrected chi connectivity index (χ4v) is 2.35. The molecule has 0 saturated heterocycles. The molecule has 0 aliphatic carbocycles. The molecular weight excluding hydrogens is 490 g/mol. The van der Waals surface area contributed by atoms with E-state index in [4.69, 9.17) is 21.3 Å². The Morgan fingerprint density at radius 3 is 2.48 bits per heavy atom. The van der Waals surface area contributed by atoms with E-state index in [1.54, 1.807) is 43.5 Å². The number of aliphatic hydroxyl groups excluding tert-OH is 1. The molecule has 0 spiro atoms. The predicted octanol–water partition coefficient (Wildman–Crippen LogP) is 6.33. The molecule has 0 amide bonds. The van der Waals surface area contributed by atoms with Crippen molar-refractivity contribution in [2.24, 2.45) is 10.7 Å². The van der Waals surface area contributed by atoms with Gasteiger partial charge in [-0.2, -0.15) is 0 Å². The van der Waals surface area contributed by atoms with Crippen LogP contribution in [-0.2, 0) is 39.3 Å². The standard InChI is InChI=1S/C16H15FN3O.C7H8OS.Y/c1-11(18)7-8-20-15-6-5-13(19)10-16(15)21-14-4-2-3-12(17)9-14;8-5-6-1-3-7(9)4-2-6;/h2-10,19H,18H2,1H3;1-4,8-9H,5H2;/q-1;;/b11-7-,20-8?;;. The Labute approximate surface area is 212 Å². The van der Waals surface area contributed by atoms with Crippen molar-refractivity contribution < 1.29 is 46.9 Å². The SMILES string of the molecule is C/C(N)=C/C=Nc1ccc([NH-])cc1Oc1cccc(F)c1.OCc1ccc(S)cc1.[Y]. The van der Waals surface area contributed by atoms with E-state index >= 15 is 0 Å². The normalized spacial score (nSPS) is 10.8. The number of allylic oxidation sites excluding steroid dienone is 2. The molecule has 4 N–H and O–H groups in total. The maximum Gasteiger partial charge on any atom is 0.151 e. The smallest absolute Gasteiger partial charge is 0.151 e. The predicted molar refractivity (Wildman–Crippen MR) is 123 cm³/mol. The summed E-state index contributed by atoms with van der Waals surface area (Å²) in [5.41, 5.74) is 15.5. The van der Waals surface area contributed by atoms with E-state index in [0.717, 1.165) is 10.5 Å². The Hall–Kier alpha value is -2.19. The van der Waals surface area contributed by atoms with Crippen molar-refractivity contribution in [2.45, 2.75) is 18.4 Å². The second-order valence-electron chi connectivity index (χ2n) is 6.26. The van der Waals surface area contributed by atoms with E-state index in [-0.39, 0.29) is 50.8 Å². The number of hydrogen-bond donors (Lipinski definition) is 3. The molecule has 3 rings (SSSR count). The summed E-state index contributed by atoms with van der Waals surface area (Å²) < 4.78 is 18.8. The first-order valence-electron chi connectivity index (χ1n) is 9.01. The number of halogens is 1. The van der Waals surface area contributed by atoms with Gasteiger partial charge in [0.1, 0.15) is 17.3 Å². The number of ether oxygens (including phenoxy) is 1. The topological polar surface area (TPSA) is 91.6 Å². The van der Waals surface area contributed by atoms with Crippen LogP contribution < -0.4 is 10.5 Å². The maximum atomic E-state index is 13.2. The Bertz CT molecular complexity index is 1020. The Morgan fingerprint density at radius 2 is 1.87 bits per heavy atom. The van der Waals surface area contributed by atoms with E-state index in [0.29, 0.717) is 22.9 Å². The van der Waals surface area contributed by atoms with Gasteiger partial charge >= 0.3 is 0 Å². The van der Waals surface area contributed by atoms with Gasteiger partial charge in [0.15, 0.2) is 5.75 Å². The van der Waals surface area contributed by atoms with Crippen molar-refractivity contribution in [2.75, 3.05) is 0 Å². The molecule has 1 radical (unpaired) electrons. The number of benzene rings is 3. The molecule has 0 saturated carbocycles. The molecule has 0 unspecified atom stereocenters. The summed E-state index contributed by atoms with van der Waals surface area (Å²) in [5.74, 6) is 0.344. The number of hydrogen-bond acceptors (Lipinski definition) is 5. The van der Waals surface area contributed by atoms with Crippen molar-refractivity contribution >= 4 is 30.2 Å². The first kappa shape index (κ1) is 26.8. The fourth-order valence-electron chi connectivity index (χ4n) is 2.20. The number of nitrogens with zero attached hydrogens (tertiary/aromatic N) is 1. The summed E-state index contributed by atoms with van der Waals surface area (Å²) in [6.07, 6.45) is 3.20. The molecule has 0 atom stereocenters. The van der Waals surface area contributed by atoms with Crippen molar-refractivity contribution in [3.8, 4) is 11.5 Å². The molecule has 31 heavy (non-hydrogen) atoms. The minimum absolute atomic E-state index is 0. The molecule has 3 aromatic carbocycles. The molecule has 0 aliphatic heterocycles. The Morgan fingerprint density at radius 1 is 1.16 bits per heavy atom. The zero-order chi connectivity index (χ0) is 21.9. The largest absolute Gasteiger partial charge is 0.699 e. The van der Waals surface area contributed by atoms with Crippen LogP contribution in [0, 0.1) is 5.82 Å². The van der Waals surface area contributed by atoms with Crippen LogP contribution in [0.1, 0.15) is 12.5 Å². The van der Waals surface area contributed by atoms with Gasteiger partial charge < -0.3 is 21.3 Å². The average Bonchev–Trinajstić information content (AvgIpc) is 2.70. The third kappa shape index (κ3) is 10.1. The third-order valence-electron chi connectivity index (χ3n) is 3.65. The van der Waals surface area contributed by atoms with Gasteiger partial charge in [-0.25, -0.2) is 4.39 Å². The third-order valence-corrected chi connectivity index (χ3v) is 3.95. The van der Waals surface area contributed by atoms with Crippen LogP contribution >= 0.6 is 12.6 Å². The van der Waals surface area contributed by atoms with Crippen LogP contribution in [0.25, 0.3) is 5.73 Å². The van der Waals surface area contributed by atoms with E-state index in [9.17, 15) is 4.39 Å². The number of aliphatic imine (C=N–C) groups is 1. The summed E-state index contributed by atoms with van der Waals surface area (Å²) >= 11 is 4.09. The molecule has 0 heterocycles. The van der Waals surface area contributed by atoms with Crippen molar-refractivity contribution in [1.82, 2.24) is 0 Å². The van der Waals surface area contributed by atoms with Crippen LogP contribution in [0.5, 0.6) is 11.5 Å². The van der Waals surface area contributed by atoms with Gasteiger partial charge in [-0.3, -0.25) is 4.99 Å². The summed E-state index contributed by atoms with van der Waals surface area (Å²) in [7, 11) is 0. The number of nitrogens with one attached hydrogen (secondary N) is 1. The van der Waals surface area contributed by atoms with Gasteiger partial charge in [-0.1, -0.05) is 24.3 Å². The minimum atomic E-state index is -0.388. The van der Waals surface area contributed by atoms with Gasteiger partial charge in [0.2, 0.25) is 0 Å². The monoisotopic (exact) mass is 513 g/mol. The minimum Gasteiger partial charge on any atom is -0.699 e. The Kier molecular flexibility index (Phi) is 12.1. The number of nitrogens with two attached hydrogens (primary N) is 1. The van der Waals surface area contributed by atoms with E-state index in [1.807, 2.05) is 24.3 Å². The van der Waals surface area contributed by atoms with Gasteiger partial charge in [-0.15, -0.1) is 18.3 Å². The number of thiol groups is 1. The molecule has 3 aromatic rings.